The molecule has 0 saturated carbocycles. The predicted molar refractivity (Wildman–Crippen MR) is 94.9 cm³/mol. The first-order chi connectivity index (χ1) is 11.2. The summed E-state index contributed by atoms with van der Waals surface area (Å²) in [7, 11) is 0. The van der Waals surface area contributed by atoms with Gasteiger partial charge in [-0.05, 0) is 30.2 Å². The van der Waals surface area contributed by atoms with Gasteiger partial charge in [0.05, 0.1) is 0 Å². The zero-order valence-electron chi connectivity index (χ0n) is 13.3. The van der Waals surface area contributed by atoms with Crippen LogP contribution in [0.2, 0.25) is 5.02 Å². The highest BCUT2D eigenvalue weighted by molar-refractivity contribution is 6.31. The molecular weight excluding hydrogens is 310 g/mol. The lowest BCUT2D eigenvalue weighted by molar-refractivity contribution is 0.0946. The molecule has 0 atom stereocenters. The molecule has 2 aromatic rings. The average Bonchev–Trinajstić information content (AvgIpc) is 2.58. The third kappa shape index (κ3) is 5.57. The van der Waals surface area contributed by atoms with E-state index in [9.17, 15) is 4.79 Å². The molecule has 0 saturated heterocycles. The number of nitrogens with zero attached hydrogens (tertiary/aromatic N) is 1. The van der Waals surface area contributed by atoms with Gasteiger partial charge in [-0.2, -0.15) is 0 Å². The van der Waals surface area contributed by atoms with Gasteiger partial charge >= 0.3 is 0 Å². The van der Waals surface area contributed by atoms with Gasteiger partial charge in [-0.1, -0.05) is 49.6 Å². The summed E-state index contributed by atoms with van der Waals surface area (Å²) in [5.41, 5.74) is 2.20. The van der Waals surface area contributed by atoms with Gasteiger partial charge in [-0.3, -0.25) is 9.78 Å². The van der Waals surface area contributed by atoms with E-state index < -0.39 is 0 Å². The molecule has 0 fully saturated rings. The van der Waals surface area contributed by atoms with E-state index in [4.69, 9.17) is 11.6 Å². The van der Waals surface area contributed by atoms with E-state index in [1.807, 2.05) is 30.3 Å². The van der Waals surface area contributed by atoms with Gasteiger partial charge in [-0.25, -0.2) is 0 Å². The molecule has 1 aromatic carbocycles. The van der Waals surface area contributed by atoms with Crippen molar-refractivity contribution in [3.63, 3.8) is 0 Å². The Labute approximate surface area is 142 Å². The van der Waals surface area contributed by atoms with E-state index in [2.05, 4.69) is 22.5 Å². The summed E-state index contributed by atoms with van der Waals surface area (Å²) in [6, 6.07) is 11.1. The Bertz CT molecular complexity index is 646. The molecule has 0 unspecified atom stereocenters. The number of aromatic nitrogens is 1. The summed E-state index contributed by atoms with van der Waals surface area (Å²) in [4.78, 5) is 16.3. The molecule has 0 bridgehead atoms. The highest BCUT2D eigenvalue weighted by atomic mass is 35.5. The second-order valence-electron chi connectivity index (χ2n) is 5.34. The number of rotatable bonds is 8. The molecule has 122 valence electrons. The fraction of sp³-hybridized carbons (Fsp3) is 0.333. The van der Waals surface area contributed by atoms with Crippen LogP contribution in [0, 0.1) is 0 Å². The first-order valence-electron chi connectivity index (χ1n) is 7.92. The van der Waals surface area contributed by atoms with Crippen LogP contribution in [0.4, 0.5) is 5.69 Å². The Morgan fingerprint density at radius 3 is 2.83 bits per heavy atom. The quantitative estimate of drug-likeness (QED) is 0.710. The summed E-state index contributed by atoms with van der Waals surface area (Å²) >= 11 is 6.08. The number of carbonyl (C=O) groups is 1. The lowest BCUT2D eigenvalue weighted by atomic mass is 10.2. The second-order valence-corrected chi connectivity index (χ2v) is 5.74. The summed E-state index contributed by atoms with van der Waals surface area (Å²) < 4.78 is 0. The molecule has 1 amide bonds. The van der Waals surface area contributed by atoms with Crippen molar-refractivity contribution in [3.05, 3.63) is 58.9 Å². The van der Waals surface area contributed by atoms with Gasteiger partial charge in [-0.15, -0.1) is 0 Å². The summed E-state index contributed by atoms with van der Waals surface area (Å²) in [6.45, 7) is 3.46. The number of unbranched alkanes of at least 4 members (excludes halogenated alkanes) is 2. The number of hydrogen-bond acceptors (Lipinski definition) is 3. The minimum absolute atomic E-state index is 0.206. The number of amides is 1. The predicted octanol–water partition coefficient (Wildman–Crippen LogP) is 4.27. The Morgan fingerprint density at radius 2 is 2.04 bits per heavy atom. The fourth-order valence-electron chi connectivity index (χ4n) is 2.18. The van der Waals surface area contributed by atoms with Gasteiger partial charge in [0, 0.05) is 30.0 Å². The van der Waals surface area contributed by atoms with Crippen molar-refractivity contribution < 1.29 is 4.79 Å². The molecule has 2 rings (SSSR count). The van der Waals surface area contributed by atoms with Gasteiger partial charge < -0.3 is 10.6 Å². The van der Waals surface area contributed by atoms with Crippen LogP contribution >= 0.6 is 11.6 Å². The smallest absolute Gasteiger partial charge is 0.270 e. The average molecular weight is 332 g/mol. The van der Waals surface area contributed by atoms with Crippen molar-refractivity contribution in [1.29, 1.82) is 0 Å². The Morgan fingerprint density at radius 1 is 1.22 bits per heavy atom. The molecule has 1 aromatic heterocycles. The molecule has 0 aliphatic heterocycles. The lowest BCUT2D eigenvalue weighted by Gasteiger charge is -2.09. The highest BCUT2D eigenvalue weighted by Crippen LogP contribution is 2.15. The molecule has 4 nitrogen and oxygen atoms in total. The minimum atomic E-state index is -0.206. The number of pyridine rings is 1. The molecular formula is C18H22ClN3O. The molecule has 0 aliphatic rings. The van der Waals surface area contributed by atoms with Crippen LogP contribution in [0.5, 0.6) is 0 Å². The van der Waals surface area contributed by atoms with Crippen LogP contribution in [0.3, 0.4) is 0 Å². The maximum absolute atomic E-state index is 12.2. The van der Waals surface area contributed by atoms with Crippen molar-refractivity contribution in [2.45, 2.75) is 32.7 Å². The zero-order valence-corrected chi connectivity index (χ0v) is 14.1. The Balaban J connectivity index is 1.90. The third-order valence-corrected chi connectivity index (χ3v) is 3.87. The van der Waals surface area contributed by atoms with Gasteiger partial charge in [0.2, 0.25) is 0 Å². The van der Waals surface area contributed by atoms with E-state index in [0.717, 1.165) is 24.2 Å². The molecule has 0 aliphatic carbocycles. The number of anilines is 1. The topological polar surface area (TPSA) is 54.0 Å². The summed E-state index contributed by atoms with van der Waals surface area (Å²) in [5, 5.41) is 6.81. The second kappa shape index (κ2) is 9.16. The van der Waals surface area contributed by atoms with Crippen LogP contribution < -0.4 is 10.6 Å². The van der Waals surface area contributed by atoms with E-state index in [1.54, 1.807) is 12.3 Å². The summed E-state index contributed by atoms with van der Waals surface area (Å²) in [5.74, 6) is -0.206. The Kier molecular flexibility index (Phi) is 6.88. The zero-order chi connectivity index (χ0) is 16.5. The molecule has 23 heavy (non-hydrogen) atoms. The highest BCUT2D eigenvalue weighted by Gasteiger charge is 2.08. The number of nitrogens with one attached hydrogen (secondary N) is 2. The molecule has 5 heteroatoms. The molecule has 0 spiro atoms. The molecule has 0 radical (unpaired) electrons. The minimum Gasteiger partial charge on any atom is -0.385 e. The van der Waals surface area contributed by atoms with Gasteiger partial charge in [0.25, 0.3) is 5.91 Å². The first kappa shape index (κ1) is 17.3. The number of benzene rings is 1. The number of hydrogen-bond donors (Lipinski definition) is 2. The number of halogens is 1. The van der Waals surface area contributed by atoms with E-state index in [0.29, 0.717) is 17.3 Å². The van der Waals surface area contributed by atoms with Gasteiger partial charge in [0.1, 0.15) is 5.69 Å². The van der Waals surface area contributed by atoms with Crippen LogP contribution in [0.15, 0.2) is 42.6 Å². The number of carbonyl (C=O) groups excluding carboxylic acids is 1. The van der Waals surface area contributed by atoms with Crippen molar-refractivity contribution in [2.75, 3.05) is 11.9 Å². The SMILES string of the molecule is CCCCCNc1ccnc(C(=O)NCc2ccccc2Cl)c1. The summed E-state index contributed by atoms with van der Waals surface area (Å²) in [6.07, 6.45) is 5.15. The van der Waals surface area contributed by atoms with Crippen molar-refractivity contribution in [3.8, 4) is 0 Å². The van der Waals surface area contributed by atoms with Crippen LogP contribution in [0.25, 0.3) is 0 Å². The van der Waals surface area contributed by atoms with Crippen LogP contribution in [-0.2, 0) is 6.54 Å². The van der Waals surface area contributed by atoms with Crippen molar-refractivity contribution in [2.24, 2.45) is 0 Å². The van der Waals surface area contributed by atoms with Crippen LogP contribution in [-0.4, -0.2) is 17.4 Å². The fourth-order valence-corrected chi connectivity index (χ4v) is 2.38. The van der Waals surface area contributed by atoms with Crippen molar-refractivity contribution in [1.82, 2.24) is 10.3 Å². The first-order valence-corrected chi connectivity index (χ1v) is 8.30. The normalized spacial score (nSPS) is 10.3. The van der Waals surface area contributed by atoms with E-state index in [1.165, 1.54) is 12.8 Å². The lowest BCUT2D eigenvalue weighted by Crippen LogP contribution is -2.24. The molecule has 2 N–H and O–H groups in total. The molecule has 1 heterocycles. The monoisotopic (exact) mass is 331 g/mol. The third-order valence-electron chi connectivity index (χ3n) is 3.50. The Hall–Kier alpha value is -2.07. The largest absolute Gasteiger partial charge is 0.385 e. The van der Waals surface area contributed by atoms with Crippen molar-refractivity contribution >= 4 is 23.2 Å². The standard InChI is InChI=1S/C18H22ClN3O/c1-2-3-6-10-20-15-9-11-21-17(12-15)18(23)22-13-14-7-4-5-8-16(14)19/h4-5,7-9,11-12H,2-3,6,10,13H2,1H3,(H,20,21)(H,22,23). The maximum atomic E-state index is 12.2. The van der Waals surface area contributed by atoms with E-state index >= 15 is 0 Å². The van der Waals surface area contributed by atoms with E-state index in [-0.39, 0.29) is 5.91 Å². The maximum Gasteiger partial charge on any atom is 0.270 e. The van der Waals surface area contributed by atoms with Crippen LogP contribution in [0.1, 0.15) is 42.2 Å². The van der Waals surface area contributed by atoms with Gasteiger partial charge in [0.15, 0.2) is 0 Å².